The summed E-state index contributed by atoms with van der Waals surface area (Å²) in [5, 5.41) is 2.50. The van der Waals surface area contributed by atoms with Crippen LogP contribution in [0, 0.1) is 17.3 Å². The molecule has 0 aliphatic rings. The molecule has 13 heteroatoms. The van der Waals surface area contributed by atoms with Crippen LogP contribution in [0.1, 0.15) is 34.6 Å². The van der Waals surface area contributed by atoms with E-state index in [9.17, 15) is 32.3 Å². The number of carbonyl (C=O) groups excluding carboxylic acids is 1. The number of benzene rings is 1. The van der Waals surface area contributed by atoms with Gasteiger partial charge in [-0.1, -0.05) is 65.0 Å². The molecule has 2 heterocycles. The summed E-state index contributed by atoms with van der Waals surface area (Å²) in [6.07, 6.45) is -4.73. The number of aromatic nitrogens is 3. The van der Waals surface area contributed by atoms with Crippen LogP contribution in [0.4, 0.5) is 13.2 Å². The fraction of sp³-hybridized carbons (Fsp3) is 0.500. The van der Waals surface area contributed by atoms with Gasteiger partial charge in [-0.15, -0.1) is 0 Å². The number of hydrogen-bond acceptors (Lipinski definition) is 5. The van der Waals surface area contributed by atoms with E-state index in [1.54, 1.807) is 57.3 Å². The summed E-state index contributed by atoms with van der Waals surface area (Å²) in [6, 6.07) is 9.85. The van der Waals surface area contributed by atoms with E-state index in [4.69, 9.17) is 4.43 Å². The van der Waals surface area contributed by atoms with E-state index >= 15 is 0 Å². The molecule has 0 aliphatic heterocycles. The van der Waals surface area contributed by atoms with Gasteiger partial charge in [0.25, 0.3) is 11.1 Å². The Bertz CT molecular complexity index is 1590. The number of amides is 1. The maximum atomic E-state index is 14.7. The Morgan fingerprint density at radius 1 is 1.05 bits per heavy atom. The van der Waals surface area contributed by atoms with Crippen molar-refractivity contribution in [1.82, 2.24) is 19.4 Å². The lowest BCUT2D eigenvalue weighted by Gasteiger charge is -2.51. The quantitative estimate of drug-likeness (QED) is 0.305. The van der Waals surface area contributed by atoms with E-state index in [-0.39, 0.29) is 16.6 Å². The summed E-state index contributed by atoms with van der Waals surface area (Å²) in [5.74, 6) is -3.77. The monoisotopic (exact) mass is 594 g/mol. The molecule has 2 atom stereocenters. The summed E-state index contributed by atoms with van der Waals surface area (Å²) in [7, 11) is -0.912. The van der Waals surface area contributed by atoms with Gasteiger partial charge in [-0.3, -0.25) is 23.5 Å². The third-order valence-electron chi connectivity index (χ3n) is 6.99. The zero-order valence-corrected chi connectivity index (χ0v) is 25.6. The van der Waals surface area contributed by atoms with Crippen LogP contribution in [-0.4, -0.2) is 41.0 Å². The highest BCUT2D eigenvalue weighted by Gasteiger charge is 2.61. The SMILES string of the molecule is CC(C)C(NC(=O)Cn1c(-c2ccccc2)cc2c(=O)n(C)c(=O)[nH]c2c1=O)(O[SiH](C)C)C(C(C)(C)C)C(F)(F)F. The van der Waals surface area contributed by atoms with Crippen LogP contribution in [0.2, 0.25) is 13.1 Å². The minimum Gasteiger partial charge on any atom is -0.398 e. The van der Waals surface area contributed by atoms with E-state index in [2.05, 4.69) is 10.3 Å². The van der Waals surface area contributed by atoms with Gasteiger partial charge >= 0.3 is 11.9 Å². The second kappa shape index (κ2) is 11.4. The predicted molar refractivity (Wildman–Crippen MR) is 154 cm³/mol. The summed E-state index contributed by atoms with van der Waals surface area (Å²) >= 11 is 0. The molecule has 1 amide bonds. The van der Waals surface area contributed by atoms with Crippen molar-refractivity contribution in [3.63, 3.8) is 0 Å². The van der Waals surface area contributed by atoms with Gasteiger partial charge in [0.05, 0.1) is 11.1 Å². The van der Waals surface area contributed by atoms with Crippen LogP contribution in [-0.2, 0) is 22.8 Å². The van der Waals surface area contributed by atoms with Crippen LogP contribution < -0.4 is 22.1 Å². The van der Waals surface area contributed by atoms with Crippen molar-refractivity contribution in [3.05, 3.63) is 67.6 Å². The van der Waals surface area contributed by atoms with Crippen molar-refractivity contribution in [1.29, 1.82) is 0 Å². The first-order valence-corrected chi connectivity index (χ1v) is 16.1. The Labute approximate surface area is 237 Å². The van der Waals surface area contributed by atoms with E-state index in [0.29, 0.717) is 5.56 Å². The van der Waals surface area contributed by atoms with Crippen LogP contribution in [0.3, 0.4) is 0 Å². The topological polar surface area (TPSA) is 115 Å². The second-order valence-electron chi connectivity index (χ2n) is 11.9. The average Bonchev–Trinajstić information content (AvgIpc) is 2.82. The highest BCUT2D eigenvalue weighted by atomic mass is 28.3. The lowest BCUT2D eigenvalue weighted by molar-refractivity contribution is -0.265. The molecule has 2 aromatic heterocycles. The molecule has 41 heavy (non-hydrogen) atoms. The average molecular weight is 595 g/mol. The molecule has 0 spiro atoms. The van der Waals surface area contributed by atoms with E-state index in [0.717, 1.165) is 9.13 Å². The fourth-order valence-corrected chi connectivity index (χ4v) is 6.60. The van der Waals surface area contributed by atoms with Crippen LogP contribution in [0.15, 0.2) is 50.8 Å². The number of fused-ring (bicyclic) bond motifs is 1. The third kappa shape index (κ3) is 6.40. The minimum absolute atomic E-state index is 0.0665. The standard InChI is InChI=1S/C28H37F3N4O5Si/c1-16(2)27(40-41(7)8,24(26(3,4)5)28(29,30)31)33-20(36)15-35-19(17-12-10-9-11-13-17)14-18-21(23(35)38)32-25(39)34(6)22(18)37/h9-14,16,24,41H,15H2,1-8H3,(H,32,39)(H,33,36). The Hall–Kier alpha value is -3.45. The first-order chi connectivity index (χ1) is 18.8. The molecule has 0 radical (unpaired) electrons. The number of carbonyl (C=O) groups is 1. The normalized spacial score (nSPS) is 14.9. The smallest absolute Gasteiger partial charge is 0.396 e. The second-order valence-corrected chi connectivity index (χ2v) is 14.2. The van der Waals surface area contributed by atoms with Crippen molar-refractivity contribution in [3.8, 4) is 11.3 Å². The Morgan fingerprint density at radius 2 is 1.63 bits per heavy atom. The number of alkyl halides is 3. The first-order valence-electron chi connectivity index (χ1n) is 13.3. The van der Waals surface area contributed by atoms with Gasteiger partial charge in [0.2, 0.25) is 5.91 Å². The molecule has 9 nitrogen and oxygen atoms in total. The van der Waals surface area contributed by atoms with Gasteiger partial charge in [-0.2, -0.15) is 13.2 Å². The van der Waals surface area contributed by atoms with Crippen molar-refractivity contribution in [2.75, 3.05) is 0 Å². The van der Waals surface area contributed by atoms with Crippen molar-refractivity contribution in [2.24, 2.45) is 24.3 Å². The van der Waals surface area contributed by atoms with Crippen molar-refractivity contribution >= 4 is 25.9 Å². The van der Waals surface area contributed by atoms with E-state index < -0.39 is 67.5 Å². The number of aromatic amines is 1. The maximum absolute atomic E-state index is 14.7. The van der Waals surface area contributed by atoms with Crippen LogP contribution >= 0.6 is 0 Å². The Balaban J connectivity index is 2.26. The van der Waals surface area contributed by atoms with E-state index in [1.165, 1.54) is 33.9 Å². The number of pyridine rings is 1. The van der Waals surface area contributed by atoms with Crippen molar-refractivity contribution < 1.29 is 22.4 Å². The number of nitrogens with one attached hydrogen (secondary N) is 2. The number of H-pyrrole nitrogens is 1. The molecule has 224 valence electrons. The maximum Gasteiger partial charge on any atom is 0.396 e. The summed E-state index contributed by atoms with van der Waals surface area (Å²) in [5.41, 5.74) is -5.49. The number of hydrogen-bond donors (Lipinski definition) is 2. The highest BCUT2D eigenvalue weighted by Crippen LogP contribution is 2.49. The van der Waals surface area contributed by atoms with Gasteiger partial charge in [0.15, 0.2) is 9.04 Å². The van der Waals surface area contributed by atoms with Gasteiger partial charge < -0.3 is 14.7 Å². The van der Waals surface area contributed by atoms with Crippen molar-refractivity contribution in [2.45, 2.75) is 66.2 Å². The molecule has 1 aromatic carbocycles. The first kappa shape index (κ1) is 32.1. The molecular formula is C28H37F3N4O5Si. The Kier molecular flexibility index (Phi) is 8.94. The van der Waals surface area contributed by atoms with Gasteiger partial charge in [0.1, 0.15) is 23.7 Å². The van der Waals surface area contributed by atoms with Gasteiger partial charge in [-0.05, 0) is 30.1 Å². The zero-order valence-electron chi connectivity index (χ0n) is 24.5. The molecule has 0 fully saturated rings. The summed E-state index contributed by atoms with van der Waals surface area (Å²) in [6.45, 7) is 10.2. The molecular weight excluding hydrogens is 557 g/mol. The number of nitrogens with zero attached hydrogens (tertiary/aromatic N) is 2. The largest absolute Gasteiger partial charge is 0.398 e. The molecule has 3 rings (SSSR count). The number of rotatable bonds is 8. The molecule has 0 saturated carbocycles. The number of halogens is 3. The molecule has 2 unspecified atom stereocenters. The molecule has 3 aromatic rings. The predicted octanol–water partition coefficient (Wildman–Crippen LogP) is 3.75. The van der Waals surface area contributed by atoms with Gasteiger partial charge in [0, 0.05) is 13.0 Å². The lowest BCUT2D eigenvalue weighted by Crippen LogP contribution is -2.67. The Morgan fingerprint density at radius 3 is 2.12 bits per heavy atom. The zero-order chi connectivity index (χ0) is 31.1. The molecule has 0 aliphatic carbocycles. The van der Waals surface area contributed by atoms with Crippen LogP contribution in [0.25, 0.3) is 22.2 Å². The highest BCUT2D eigenvalue weighted by molar-refractivity contribution is 6.48. The fourth-order valence-electron chi connectivity index (χ4n) is 5.36. The summed E-state index contributed by atoms with van der Waals surface area (Å²) in [4.78, 5) is 54.9. The molecule has 0 saturated heterocycles. The van der Waals surface area contributed by atoms with Gasteiger partial charge in [-0.25, -0.2) is 4.79 Å². The minimum atomic E-state index is -4.73. The third-order valence-corrected chi connectivity index (χ3v) is 7.85. The molecule has 2 N–H and O–H groups in total. The van der Waals surface area contributed by atoms with Crippen LogP contribution in [0.5, 0.6) is 0 Å². The summed E-state index contributed by atoms with van der Waals surface area (Å²) < 4.78 is 52.0. The van der Waals surface area contributed by atoms with E-state index in [1.807, 2.05) is 0 Å². The lowest BCUT2D eigenvalue weighted by atomic mass is 9.70. The molecule has 0 bridgehead atoms.